The van der Waals surface area contributed by atoms with E-state index >= 15 is 0 Å². The van der Waals surface area contributed by atoms with Gasteiger partial charge in [-0.1, -0.05) is 5.16 Å². The molecule has 1 aromatic rings. The standard InChI is InChI=1S/C12H19N5O/c1-8-7-9(10(13)16-18)15-11(14-8)17-6-4-5-12(17,2)3/h7,18H,4-6H2,1-3H3,(H2,13,16). The zero-order valence-electron chi connectivity index (χ0n) is 11.0. The summed E-state index contributed by atoms with van der Waals surface area (Å²) >= 11 is 0. The Kier molecular flexibility index (Phi) is 3.11. The number of oxime groups is 1. The van der Waals surface area contributed by atoms with Crippen LogP contribution in [0, 0.1) is 6.92 Å². The minimum absolute atomic E-state index is 0.0127. The van der Waals surface area contributed by atoms with Gasteiger partial charge in [0.15, 0.2) is 5.84 Å². The van der Waals surface area contributed by atoms with E-state index < -0.39 is 0 Å². The van der Waals surface area contributed by atoms with Crippen molar-refractivity contribution in [1.29, 1.82) is 0 Å². The molecule has 98 valence electrons. The van der Waals surface area contributed by atoms with Crippen LogP contribution >= 0.6 is 0 Å². The van der Waals surface area contributed by atoms with Gasteiger partial charge < -0.3 is 15.8 Å². The number of aromatic nitrogens is 2. The van der Waals surface area contributed by atoms with Crippen molar-refractivity contribution in [1.82, 2.24) is 9.97 Å². The molecule has 0 bridgehead atoms. The zero-order valence-corrected chi connectivity index (χ0v) is 11.0. The van der Waals surface area contributed by atoms with Crippen LogP contribution in [0.1, 0.15) is 38.1 Å². The van der Waals surface area contributed by atoms with Crippen LogP contribution in [0.25, 0.3) is 0 Å². The largest absolute Gasteiger partial charge is 0.409 e. The van der Waals surface area contributed by atoms with Crippen LogP contribution < -0.4 is 10.6 Å². The van der Waals surface area contributed by atoms with Gasteiger partial charge in [-0.15, -0.1) is 0 Å². The molecule has 0 spiro atoms. The van der Waals surface area contributed by atoms with E-state index in [1.165, 1.54) is 0 Å². The van der Waals surface area contributed by atoms with Crippen molar-refractivity contribution in [2.24, 2.45) is 10.9 Å². The minimum atomic E-state index is 0.0127. The normalized spacial score (nSPS) is 19.3. The average molecular weight is 249 g/mol. The highest BCUT2D eigenvalue weighted by Gasteiger charge is 2.33. The number of aryl methyl sites for hydroxylation is 1. The van der Waals surface area contributed by atoms with Gasteiger partial charge in [-0.2, -0.15) is 0 Å². The Bertz CT molecular complexity index is 483. The average Bonchev–Trinajstić information content (AvgIpc) is 2.67. The van der Waals surface area contributed by atoms with Crippen molar-refractivity contribution in [2.75, 3.05) is 11.4 Å². The summed E-state index contributed by atoms with van der Waals surface area (Å²) in [6.07, 6.45) is 2.24. The first-order chi connectivity index (χ1) is 8.44. The molecule has 0 unspecified atom stereocenters. The first kappa shape index (κ1) is 12.6. The van der Waals surface area contributed by atoms with Gasteiger partial charge >= 0.3 is 0 Å². The molecule has 0 amide bonds. The third-order valence-electron chi connectivity index (χ3n) is 3.35. The summed E-state index contributed by atoms with van der Waals surface area (Å²) in [6, 6.07) is 1.71. The summed E-state index contributed by atoms with van der Waals surface area (Å²) < 4.78 is 0. The fraction of sp³-hybridized carbons (Fsp3) is 0.583. The van der Waals surface area contributed by atoms with Crippen molar-refractivity contribution in [3.63, 3.8) is 0 Å². The molecule has 1 aliphatic rings. The number of hydrogen-bond acceptors (Lipinski definition) is 5. The summed E-state index contributed by atoms with van der Waals surface area (Å²) in [6.45, 7) is 7.16. The van der Waals surface area contributed by atoms with Crippen LogP contribution in [0.5, 0.6) is 0 Å². The fourth-order valence-corrected chi connectivity index (χ4v) is 2.33. The second kappa shape index (κ2) is 4.44. The first-order valence-electron chi connectivity index (χ1n) is 6.05. The summed E-state index contributed by atoms with van der Waals surface area (Å²) in [4.78, 5) is 11.0. The third-order valence-corrected chi connectivity index (χ3v) is 3.35. The Balaban J connectivity index is 2.43. The Morgan fingerprint density at radius 1 is 1.50 bits per heavy atom. The lowest BCUT2D eigenvalue weighted by molar-refractivity contribution is 0.318. The monoisotopic (exact) mass is 249 g/mol. The SMILES string of the molecule is Cc1cc(/C(N)=N/O)nc(N2CCCC2(C)C)n1. The number of rotatable bonds is 2. The topological polar surface area (TPSA) is 87.6 Å². The maximum atomic E-state index is 8.73. The van der Waals surface area contributed by atoms with Gasteiger partial charge in [-0.05, 0) is 39.7 Å². The van der Waals surface area contributed by atoms with Crippen molar-refractivity contribution in [2.45, 2.75) is 39.2 Å². The molecule has 0 aromatic carbocycles. The van der Waals surface area contributed by atoms with E-state index in [9.17, 15) is 0 Å². The maximum Gasteiger partial charge on any atom is 0.226 e. The van der Waals surface area contributed by atoms with Crippen LogP contribution in [-0.4, -0.2) is 33.1 Å². The van der Waals surface area contributed by atoms with Gasteiger partial charge in [0.1, 0.15) is 5.69 Å². The van der Waals surface area contributed by atoms with Crippen molar-refractivity contribution >= 4 is 11.8 Å². The van der Waals surface area contributed by atoms with Crippen LogP contribution in [-0.2, 0) is 0 Å². The van der Waals surface area contributed by atoms with E-state index in [4.69, 9.17) is 10.9 Å². The van der Waals surface area contributed by atoms with E-state index in [1.54, 1.807) is 6.07 Å². The highest BCUT2D eigenvalue weighted by atomic mass is 16.4. The predicted octanol–water partition coefficient (Wildman–Crippen LogP) is 1.26. The third kappa shape index (κ3) is 2.23. The second-order valence-corrected chi connectivity index (χ2v) is 5.25. The molecule has 6 nitrogen and oxygen atoms in total. The van der Waals surface area contributed by atoms with Gasteiger partial charge in [0.25, 0.3) is 0 Å². The summed E-state index contributed by atoms with van der Waals surface area (Å²) in [5, 5.41) is 11.7. The summed E-state index contributed by atoms with van der Waals surface area (Å²) in [5.74, 6) is 0.665. The predicted molar refractivity (Wildman–Crippen MR) is 69.9 cm³/mol. The Labute approximate surface area is 107 Å². The first-order valence-corrected chi connectivity index (χ1v) is 6.05. The zero-order chi connectivity index (χ0) is 13.3. The number of hydrogen-bond donors (Lipinski definition) is 2. The minimum Gasteiger partial charge on any atom is -0.409 e. The van der Waals surface area contributed by atoms with Crippen molar-refractivity contribution in [3.05, 3.63) is 17.5 Å². The number of amidine groups is 1. The molecule has 0 radical (unpaired) electrons. The molecule has 1 saturated heterocycles. The van der Waals surface area contributed by atoms with Crippen LogP contribution in [0.3, 0.4) is 0 Å². The van der Waals surface area contributed by atoms with Crippen LogP contribution in [0.2, 0.25) is 0 Å². The summed E-state index contributed by atoms with van der Waals surface area (Å²) in [7, 11) is 0. The Morgan fingerprint density at radius 2 is 2.22 bits per heavy atom. The number of anilines is 1. The lowest BCUT2D eigenvalue weighted by Gasteiger charge is -2.31. The smallest absolute Gasteiger partial charge is 0.226 e. The molecule has 1 aromatic heterocycles. The lowest BCUT2D eigenvalue weighted by Crippen LogP contribution is -2.39. The Hall–Kier alpha value is -1.85. The lowest BCUT2D eigenvalue weighted by atomic mass is 10.0. The van der Waals surface area contributed by atoms with E-state index in [0.717, 1.165) is 25.1 Å². The molecular weight excluding hydrogens is 230 g/mol. The van der Waals surface area contributed by atoms with Gasteiger partial charge in [0, 0.05) is 17.8 Å². The summed E-state index contributed by atoms with van der Waals surface area (Å²) in [5.41, 5.74) is 6.91. The van der Waals surface area contributed by atoms with E-state index in [-0.39, 0.29) is 11.4 Å². The quantitative estimate of drug-likeness (QED) is 0.356. The fourth-order valence-electron chi connectivity index (χ4n) is 2.33. The van der Waals surface area contributed by atoms with Gasteiger partial charge in [0.2, 0.25) is 5.95 Å². The van der Waals surface area contributed by atoms with E-state index in [0.29, 0.717) is 11.6 Å². The molecule has 18 heavy (non-hydrogen) atoms. The maximum absolute atomic E-state index is 8.73. The van der Waals surface area contributed by atoms with Gasteiger partial charge in [0.05, 0.1) is 0 Å². The van der Waals surface area contributed by atoms with Gasteiger partial charge in [-0.25, -0.2) is 9.97 Å². The molecule has 0 saturated carbocycles. The molecule has 1 aliphatic heterocycles. The van der Waals surface area contributed by atoms with Crippen molar-refractivity contribution in [3.8, 4) is 0 Å². The second-order valence-electron chi connectivity index (χ2n) is 5.25. The molecule has 0 aliphatic carbocycles. The van der Waals surface area contributed by atoms with Crippen LogP contribution in [0.15, 0.2) is 11.2 Å². The molecule has 2 rings (SSSR count). The van der Waals surface area contributed by atoms with Crippen molar-refractivity contribution < 1.29 is 5.21 Å². The Morgan fingerprint density at radius 3 is 2.78 bits per heavy atom. The number of nitrogens with zero attached hydrogens (tertiary/aromatic N) is 4. The molecule has 6 heteroatoms. The highest BCUT2D eigenvalue weighted by Crippen LogP contribution is 2.31. The molecule has 0 atom stereocenters. The molecule has 3 N–H and O–H groups in total. The highest BCUT2D eigenvalue weighted by molar-refractivity contribution is 5.95. The number of nitrogens with two attached hydrogens (primary N) is 1. The van der Waals surface area contributed by atoms with E-state index in [1.807, 2.05) is 6.92 Å². The van der Waals surface area contributed by atoms with Crippen LogP contribution in [0.4, 0.5) is 5.95 Å². The molecular formula is C12H19N5O. The molecule has 1 fully saturated rings. The molecule has 2 heterocycles. The van der Waals surface area contributed by atoms with E-state index in [2.05, 4.69) is 33.9 Å². The van der Waals surface area contributed by atoms with Gasteiger partial charge in [-0.3, -0.25) is 0 Å².